The van der Waals surface area contributed by atoms with Gasteiger partial charge in [-0.15, -0.1) is 0 Å². The maximum atomic E-state index is 12.6. The van der Waals surface area contributed by atoms with Gasteiger partial charge in [0.2, 0.25) is 0 Å². The van der Waals surface area contributed by atoms with E-state index in [1.807, 2.05) is 25.1 Å². The third-order valence-electron chi connectivity index (χ3n) is 3.42. The Kier molecular flexibility index (Phi) is 4.81. The van der Waals surface area contributed by atoms with Gasteiger partial charge in [0, 0.05) is 11.0 Å². The number of benzene rings is 1. The molecule has 2 rings (SSSR count). The second-order valence-electron chi connectivity index (χ2n) is 4.89. The second kappa shape index (κ2) is 6.39. The predicted octanol–water partition coefficient (Wildman–Crippen LogP) is 2.93. The minimum atomic E-state index is -0.449. The first-order chi connectivity index (χ1) is 9.54. The van der Waals surface area contributed by atoms with Crippen molar-refractivity contribution in [3.8, 4) is 0 Å². The van der Waals surface area contributed by atoms with Crippen molar-refractivity contribution in [2.24, 2.45) is 0 Å². The molecule has 108 valence electrons. The molecule has 0 bridgehead atoms. The van der Waals surface area contributed by atoms with Crippen LogP contribution in [0.5, 0.6) is 0 Å². The molecule has 1 aromatic carbocycles. The molecule has 0 aliphatic carbocycles. The SMILES string of the molecule is CCOC(=O)C1CCCN1C(=O)c1cc(C)ccc1Br. The van der Waals surface area contributed by atoms with Crippen molar-refractivity contribution in [2.45, 2.75) is 32.7 Å². The zero-order valence-electron chi connectivity index (χ0n) is 11.7. The van der Waals surface area contributed by atoms with Crippen molar-refractivity contribution in [1.82, 2.24) is 4.90 Å². The molecular weight excluding hydrogens is 322 g/mol. The Labute approximate surface area is 127 Å². The highest BCUT2D eigenvalue weighted by Gasteiger charge is 2.36. The molecule has 5 heteroatoms. The van der Waals surface area contributed by atoms with Crippen LogP contribution < -0.4 is 0 Å². The van der Waals surface area contributed by atoms with Gasteiger partial charge in [0.15, 0.2) is 0 Å². The second-order valence-corrected chi connectivity index (χ2v) is 5.75. The molecule has 0 aromatic heterocycles. The lowest BCUT2D eigenvalue weighted by atomic mass is 10.1. The first kappa shape index (κ1) is 15.0. The number of ether oxygens (including phenoxy) is 1. The first-order valence-electron chi connectivity index (χ1n) is 6.78. The van der Waals surface area contributed by atoms with Gasteiger partial charge < -0.3 is 9.64 Å². The summed E-state index contributed by atoms with van der Waals surface area (Å²) in [6.07, 6.45) is 1.51. The Balaban J connectivity index is 2.23. The van der Waals surface area contributed by atoms with Crippen molar-refractivity contribution in [2.75, 3.05) is 13.2 Å². The number of esters is 1. The highest BCUT2D eigenvalue weighted by molar-refractivity contribution is 9.10. The quantitative estimate of drug-likeness (QED) is 0.795. The molecule has 1 fully saturated rings. The number of carbonyl (C=O) groups excluding carboxylic acids is 2. The van der Waals surface area contributed by atoms with Crippen LogP contribution in [-0.2, 0) is 9.53 Å². The minimum absolute atomic E-state index is 0.115. The van der Waals surface area contributed by atoms with Crippen molar-refractivity contribution in [1.29, 1.82) is 0 Å². The van der Waals surface area contributed by atoms with E-state index in [4.69, 9.17) is 4.74 Å². The van der Waals surface area contributed by atoms with E-state index in [0.717, 1.165) is 16.5 Å². The van der Waals surface area contributed by atoms with Crippen LogP contribution in [0, 0.1) is 6.92 Å². The summed E-state index contributed by atoms with van der Waals surface area (Å²) < 4.78 is 5.80. The lowest BCUT2D eigenvalue weighted by molar-refractivity contribution is -0.147. The third-order valence-corrected chi connectivity index (χ3v) is 4.12. The number of aryl methyl sites for hydroxylation is 1. The summed E-state index contributed by atoms with van der Waals surface area (Å²) in [5.41, 5.74) is 1.62. The van der Waals surface area contributed by atoms with E-state index < -0.39 is 6.04 Å². The van der Waals surface area contributed by atoms with E-state index >= 15 is 0 Å². The molecule has 1 aliphatic heterocycles. The van der Waals surface area contributed by atoms with Gasteiger partial charge >= 0.3 is 5.97 Å². The van der Waals surface area contributed by atoms with Crippen molar-refractivity contribution in [3.63, 3.8) is 0 Å². The summed E-state index contributed by atoms with van der Waals surface area (Å²) in [5.74, 6) is -0.418. The average Bonchev–Trinajstić information content (AvgIpc) is 2.90. The van der Waals surface area contributed by atoms with Crippen LogP contribution in [0.25, 0.3) is 0 Å². The van der Waals surface area contributed by atoms with Crippen LogP contribution in [0.4, 0.5) is 0 Å². The molecule has 1 aromatic rings. The van der Waals surface area contributed by atoms with Crippen molar-refractivity contribution in [3.05, 3.63) is 33.8 Å². The number of rotatable bonds is 3. The van der Waals surface area contributed by atoms with Gasteiger partial charge in [0.05, 0.1) is 12.2 Å². The number of hydrogen-bond acceptors (Lipinski definition) is 3. The summed E-state index contributed by atoms with van der Waals surface area (Å²) in [5, 5.41) is 0. The molecule has 1 unspecified atom stereocenters. The molecule has 1 saturated heterocycles. The molecular formula is C15H18BrNO3. The number of hydrogen-bond donors (Lipinski definition) is 0. The third kappa shape index (κ3) is 3.03. The van der Waals surface area contributed by atoms with Gasteiger partial charge in [0.25, 0.3) is 5.91 Å². The molecule has 0 N–H and O–H groups in total. The van der Waals surface area contributed by atoms with Gasteiger partial charge in [-0.3, -0.25) is 4.79 Å². The van der Waals surface area contributed by atoms with Crippen molar-refractivity contribution >= 4 is 27.8 Å². The largest absolute Gasteiger partial charge is 0.464 e. The Hall–Kier alpha value is -1.36. The summed E-state index contributed by atoms with van der Waals surface area (Å²) >= 11 is 3.40. The number of nitrogens with zero attached hydrogens (tertiary/aromatic N) is 1. The monoisotopic (exact) mass is 339 g/mol. The first-order valence-corrected chi connectivity index (χ1v) is 7.57. The number of carbonyl (C=O) groups is 2. The lowest BCUT2D eigenvalue weighted by Gasteiger charge is -2.23. The van der Waals surface area contributed by atoms with E-state index in [0.29, 0.717) is 25.1 Å². The molecule has 0 radical (unpaired) electrons. The number of likely N-dealkylation sites (tertiary alicyclic amines) is 1. The molecule has 1 atom stereocenters. The summed E-state index contributed by atoms with van der Waals surface area (Å²) in [6, 6.07) is 5.19. The van der Waals surface area contributed by atoms with Crippen LogP contribution in [0.15, 0.2) is 22.7 Å². The fourth-order valence-electron chi connectivity index (χ4n) is 2.45. The fraction of sp³-hybridized carbons (Fsp3) is 0.467. The van der Waals surface area contributed by atoms with Crippen LogP contribution >= 0.6 is 15.9 Å². The molecule has 4 nitrogen and oxygen atoms in total. The molecule has 20 heavy (non-hydrogen) atoms. The van der Waals surface area contributed by atoms with Crippen LogP contribution in [0.1, 0.15) is 35.7 Å². The Bertz CT molecular complexity index is 530. The van der Waals surface area contributed by atoms with Crippen LogP contribution in [0.3, 0.4) is 0 Å². The van der Waals surface area contributed by atoms with E-state index in [1.54, 1.807) is 11.8 Å². The van der Waals surface area contributed by atoms with Crippen LogP contribution in [-0.4, -0.2) is 36.0 Å². The van der Waals surface area contributed by atoms with Gasteiger partial charge in [-0.2, -0.15) is 0 Å². The molecule has 0 saturated carbocycles. The molecule has 1 aliphatic rings. The molecule has 1 heterocycles. The van der Waals surface area contributed by atoms with Gasteiger partial charge in [-0.25, -0.2) is 4.79 Å². The Morgan fingerprint density at radius 2 is 2.20 bits per heavy atom. The maximum absolute atomic E-state index is 12.6. The molecule has 1 amide bonds. The minimum Gasteiger partial charge on any atom is -0.464 e. The van der Waals surface area contributed by atoms with Crippen molar-refractivity contribution < 1.29 is 14.3 Å². The summed E-state index contributed by atoms with van der Waals surface area (Å²) in [6.45, 7) is 4.65. The van der Waals surface area contributed by atoms with Gasteiger partial charge in [-0.05, 0) is 54.8 Å². The molecule has 0 spiro atoms. The fourth-order valence-corrected chi connectivity index (χ4v) is 2.87. The zero-order valence-corrected chi connectivity index (χ0v) is 13.3. The Morgan fingerprint density at radius 3 is 2.90 bits per heavy atom. The van der Waals surface area contributed by atoms with Crippen LogP contribution in [0.2, 0.25) is 0 Å². The maximum Gasteiger partial charge on any atom is 0.328 e. The number of amides is 1. The van der Waals surface area contributed by atoms with E-state index in [1.165, 1.54) is 0 Å². The predicted molar refractivity (Wildman–Crippen MR) is 79.6 cm³/mol. The Morgan fingerprint density at radius 1 is 1.45 bits per heavy atom. The highest BCUT2D eigenvalue weighted by Crippen LogP contribution is 2.25. The standard InChI is InChI=1S/C15H18BrNO3/c1-3-20-15(19)13-5-4-8-17(13)14(18)11-9-10(2)6-7-12(11)16/h6-7,9,13H,3-5,8H2,1-2H3. The topological polar surface area (TPSA) is 46.6 Å². The smallest absolute Gasteiger partial charge is 0.328 e. The van der Waals surface area contributed by atoms with E-state index in [-0.39, 0.29) is 11.9 Å². The van der Waals surface area contributed by atoms with Gasteiger partial charge in [-0.1, -0.05) is 11.6 Å². The zero-order chi connectivity index (χ0) is 14.7. The van der Waals surface area contributed by atoms with E-state index in [9.17, 15) is 9.59 Å². The normalized spacial score (nSPS) is 18.1. The summed E-state index contributed by atoms with van der Waals surface area (Å²) in [4.78, 5) is 26.2. The van der Waals surface area contributed by atoms with E-state index in [2.05, 4.69) is 15.9 Å². The number of halogens is 1. The highest BCUT2D eigenvalue weighted by atomic mass is 79.9. The summed E-state index contributed by atoms with van der Waals surface area (Å²) in [7, 11) is 0. The van der Waals surface area contributed by atoms with Gasteiger partial charge in [0.1, 0.15) is 6.04 Å². The lowest BCUT2D eigenvalue weighted by Crippen LogP contribution is -2.41. The average molecular weight is 340 g/mol.